The summed E-state index contributed by atoms with van der Waals surface area (Å²) in [7, 11) is 0. The monoisotopic (exact) mass is 531 g/mol. The molecule has 2 N–H and O–H groups in total. The number of fused-ring (bicyclic) bond motifs is 1. The Hall–Kier alpha value is -3.35. The number of nitrogens with zero attached hydrogens (tertiary/aromatic N) is 7. The van der Waals surface area contributed by atoms with Gasteiger partial charge in [-0.1, -0.05) is 6.42 Å². The molecule has 6 rings (SSSR count). The molecule has 1 aromatic carbocycles. The minimum atomic E-state index is -4.63. The van der Waals surface area contributed by atoms with E-state index in [2.05, 4.69) is 41.0 Å². The van der Waals surface area contributed by atoms with Crippen LogP contribution in [0.15, 0.2) is 24.7 Å². The van der Waals surface area contributed by atoms with Crippen molar-refractivity contribution in [3.8, 4) is 5.69 Å². The van der Waals surface area contributed by atoms with Gasteiger partial charge in [0.2, 0.25) is 5.95 Å². The average molecular weight is 532 g/mol. The van der Waals surface area contributed by atoms with E-state index in [-0.39, 0.29) is 29.3 Å². The Bertz CT molecular complexity index is 1270. The van der Waals surface area contributed by atoms with Crippen LogP contribution in [0.5, 0.6) is 0 Å². The second-order valence-electron chi connectivity index (χ2n) is 10.4. The van der Waals surface area contributed by atoms with Gasteiger partial charge in [-0.2, -0.15) is 18.2 Å². The lowest BCUT2D eigenvalue weighted by Crippen LogP contribution is -2.49. The van der Waals surface area contributed by atoms with Crippen LogP contribution in [0.4, 0.5) is 35.0 Å². The molecule has 2 saturated heterocycles. The van der Waals surface area contributed by atoms with Gasteiger partial charge in [0, 0.05) is 18.8 Å². The van der Waals surface area contributed by atoms with Gasteiger partial charge in [0.05, 0.1) is 11.4 Å². The van der Waals surface area contributed by atoms with Crippen molar-refractivity contribution in [3.05, 3.63) is 41.6 Å². The molecule has 2 aromatic heterocycles. The molecule has 2 aliphatic heterocycles. The Morgan fingerprint density at radius 3 is 2.63 bits per heavy atom. The highest BCUT2D eigenvalue weighted by atomic mass is 19.4. The van der Waals surface area contributed by atoms with Crippen molar-refractivity contribution in [2.75, 3.05) is 30.3 Å². The summed E-state index contributed by atoms with van der Waals surface area (Å²) in [5.74, 6) is -0.539. The summed E-state index contributed by atoms with van der Waals surface area (Å²) >= 11 is 0. The third kappa shape index (κ3) is 5.16. The summed E-state index contributed by atoms with van der Waals surface area (Å²) in [6, 6.07) is 3.33. The fraction of sp³-hybridized carbons (Fsp3) is 0.560. The van der Waals surface area contributed by atoms with Crippen LogP contribution in [0.25, 0.3) is 5.69 Å². The highest BCUT2D eigenvalue weighted by Crippen LogP contribution is 2.44. The minimum absolute atomic E-state index is 0.0238. The standard InChI is InChI=1S/C25H29F4N9/c26-19-10-17(15-6-7-15)22(38-14-32-35-36-38)11-20(19)33-24-31-13-18(25(27,28)29)23(34-24)30-12-16-4-3-9-37-8-2-1-5-21(16)37/h10-11,13-16,21H,1-9,12H2,(H2,30,31,33,34)/t16-,21+/m0/s1. The van der Waals surface area contributed by atoms with E-state index in [9.17, 15) is 13.2 Å². The fourth-order valence-corrected chi connectivity index (χ4v) is 5.81. The van der Waals surface area contributed by atoms with Crippen molar-refractivity contribution in [2.45, 2.75) is 63.1 Å². The highest BCUT2D eigenvalue weighted by molar-refractivity contribution is 5.63. The lowest BCUT2D eigenvalue weighted by Gasteiger charge is -2.44. The molecule has 2 atom stereocenters. The Labute approximate surface area is 217 Å². The molecule has 3 fully saturated rings. The summed E-state index contributed by atoms with van der Waals surface area (Å²) in [6.07, 6.45) is 4.78. The first-order valence-electron chi connectivity index (χ1n) is 13.1. The predicted octanol–water partition coefficient (Wildman–Crippen LogP) is 4.91. The van der Waals surface area contributed by atoms with Crippen LogP contribution in [-0.4, -0.2) is 60.8 Å². The summed E-state index contributed by atoms with van der Waals surface area (Å²) in [4.78, 5) is 10.5. The van der Waals surface area contributed by atoms with Crippen LogP contribution in [0.2, 0.25) is 0 Å². The molecule has 3 aliphatic rings. The van der Waals surface area contributed by atoms with Crippen LogP contribution in [0, 0.1) is 11.7 Å². The van der Waals surface area contributed by atoms with Crippen molar-refractivity contribution in [1.82, 2.24) is 35.1 Å². The molecule has 38 heavy (non-hydrogen) atoms. The van der Waals surface area contributed by atoms with E-state index < -0.39 is 17.6 Å². The molecule has 0 bridgehead atoms. The zero-order valence-corrected chi connectivity index (χ0v) is 20.8. The van der Waals surface area contributed by atoms with Crippen LogP contribution in [0.1, 0.15) is 62.0 Å². The predicted molar refractivity (Wildman–Crippen MR) is 132 cm³/mol. The molecule has 0 unspecified atom stereocenters. The molecule has 1 saturated carbocycles. The van der Waals surface area contributed by atoms with Crippen LogP contribution >= 0.6 is 0 Å². The van der Waals surface area contributed by atoms with Crippen molar-refractivity contribution in [3.63, 3.8) is 0 Å². The third-order valence-electron chi connectivity index (χ3n) is 7.83. The number of benzene rings is 1. The van der Waals surface area contributed by atoms with E-state index in [1.807, 2.05) is 0 Å². The zero-order chi connectivity index (χ0) is 26.3. The first-order chi connectivity index (χ1) is 18.4. The largest absolute Gasteiger partial charge is 0.421 e. The van der Waals surface area contributed by atoms with E-state index in [0.717, 1.165) is 63.4 Å². The van der Waals surface area contributed by atoms with Crippen molar-refractivity contribution in [2.24, 2.45) is 5.92 Å². The molecule has 4 heterocycles. The van der Waals surface area contributed by atoms with Gasteiger partial charge in [0.25, 0.3) is 0 Å². The number of hydrogen-bond donors (Lipinski definition) is 2. The van der Waals surface area contributed by atoms with Gasteiger partial charge in [-0.3, -0.25) is 0 Å². The number of aromatic nitrogens is 6. The Kier molecular flexibility index (Phi) is 6.62. The first-order valence-corrected chi connectivity index (χ1v) is 13.1. The Morgan fingerprint density at radius 2 is 1.87 bits per heavy atom. The molecule has 0 spiro atoms. The second kappa shape index (κ2) is 10.1. The van der Waals surface area contributed by atoms with Crippen molar-refractivity contribution >= 4 is 17.5 Å². The number of anilines is 3. The lowest BCUT2D eigenvalue weighted by molar-refractivity contribution is -0.137. The molecular weight excluding hydrogens is 502 g/mol. The Balaban J connectivity index is 1.26. The van der Waals surface area contributed by atoms with Gasteiger partial charge in [-0.05, 0) is 91.6 Å². The molecule has 3 aromatic rings. The number of rotatable bonds is 7. The quantitative estimate of drug-likeness (QED) is 0.416. The molecular formula is C25H29F4N9. The normalized spacial score (nSPS) is 22.2. The maximum absolute atomic E-state index is 15.1. The van der Waals surface area contributed by atoms with E-state index in [0.29, 0.717) is 18.3 Å². The van der Waals surface area contributed by atoms with E-state index in [4.69, 9.17) is 0 Å². The van der Waals surface area contributed by atoms with Crippen LogP contribution in [-0.2, 0) is 6.18 Å². The summed E-state index contributed by atoms with van der Waals surface area (Å²) in [6.45, 7) is 2.48. The van der Waals surface area contributed by atoms with Gasteiger partial charge in [0.1, 0.15) is 23.5 Å². The second-order valence-corrected chi connectivity index (χ2v) is 10.4. The van der Waals surface area contributed by atoms with Gasteiger partial charge in [-0.25, -0.2) is 14.1 Å². The maximum Gasteiger partial charge on any atom is 0.421 e. The fourth-order valence-electron chi connectivity index (χ4n) is 5.81. The van der Waals surface area contributed by atoms with E-state index in [1.165, 1.54) is 29.6 Å². The topological polar surface area (TPSA) is 96.7 Å². The third-order valence-corrected chi connectivity index (χ3v) is 7.83. The molecule has 202 valence electrons. The van der Waals surface area contributed by atoms with E-state index in [1.54, 1.807) is 0 Å². The highest BCUT2D eigenvalue weighted by Gasteiger charge is 2.37. The van der Waals surface area contributed by atoms with Gasteiger partial charge in [0.15, 0.2) is 0 Å². The van der Waals surface area contributed by atoms with Crippen molar-refractivity contribution < 1.29 is 17.6 Å². The number of tetrazole rings is 1. The van der Waals surface area contributed by atoms with E-state index >= 15 is 4.39 Å². The molecule has 0 amide bonds. The van der Waals surface area contributed by atoms with Crippen LogP contribution < -0.4 is 10.6 Å². The number of halogens is 4. The van der Waals surface area contributed by atoms with Gasteiger partial charge < -0.3 is 15.5 Å². The number of alkyl halides is 3. The van der Waals surface area contributed by atoms with Crippen molar-refractivity contribution in [1.29, 1.82) is 0 Å². The average Bonchev–Trinajstić information content (AvgIpc) is 3.61. The lowest BCUT2D eigenvalue weighted by atomic mass is 9.83. The van der Waals surface area contributed by atoms with Crippen LogP contribution in [0.3, 0.4) is 0 Å². The summed E-state index contributed by atoms with van der Waals surface area (Å²) in [5, 5.41) is 17.0. The molecule has 13 heteroatoms. The molecule has 1 aliphatic carbocycles. The number of piperidine rings is 2. The SMILES string of the molecule is Fc1cc(C2CC2)c(-n2cnnn2)cc1Nc1ncc(C(F)(F)F)c(NC[C@@H]2CCCN3CCCC[C@H]23)n1. The smallest absolute Gasteiger partial charge is 0.369 e. The molecule has 9 nitrogen and oxygen atoms in total. The number of nitrogens with one attached hydrogen (secondary N) is 2. The van der Waals surface area contributed by atoms with Gasteiger partial charge in [-0.15, -0.1) is 5.10 Å². The summed E-state index contributed by atoms with van der Waals surface area (Å²) in [5.41, 5.74) is 0.454. The maximum atomic E-state index is 15.1. The first kappa shape index (κ1) is 25.0. The van der Waals surface area contributed by atoms with Gasteiger partial charge >= 0.3 is 6.18 Å². The summed E-state index contributed by atoms with van der Waals surface area (Å²) < 4.78 is 58.0. The molecule has 0 radical (unpaired) electrons. The minimum Gasteiger partial charge on any atom is -0.369 e. The Morgan fingerprint density at radius 1 is 1.03 bits per heavy atom. The number of hydrogen-bond acceptors (Lipinski definition) is 8. The zero-order valence-electron chi connectivity index (χ0n) is 20.8.